The number of sulfonamides is 1. The Morgan fingerprint density at radius 1 is 1.19 bits per heavy atom. The predicted molar refractivity (Wildman–Crippen MR) is 104 cm³/mol. The summed E-state index contributed by atoms with van der Waals surface area (Å²) < 4.78 is 29.2. The van der Waals surface area contributed by atoms with Gasteiger partial charge in [0.05, 0.1) is 24.2 Å². The van der Waals surface area contributed by atoms with Gasteiger partial charge in [-0.25, -0.2) is 13.6 Å². The number of benzene rings is 1. The quantitative estimate of drug-likeness (QED) is 0.681. The number of nitrogens with zero attached hydrogens (tertiary/aromatic N) is 1. The number of hydrogen-bond donors (Lipinski definition) is 1. The minimum absolute atomic E-state index is 0.0278. The molecule has 2 aromatic heterocycles. The largest absolute Gasteiger partial charge is 0.467 e. The summed E-state index contributed by atoms with van der Waals surface area (Å²) in [6, 6.07) is 10.5. The van der Waals surface area contributed by atoms with Crippen LogP contribution < -0.4 is 5.14 Å². The number of rotatable bonds is 6. The number of amides is 1. The van der Waals surface area contributed by atoms with Gasteiger partial charge in [0.15, 0.2) is 0 Å². The van der Waals surface area contributed by atoms with Gasteiger partial charge in [-0.2, -0.15) is 0 Å². The average molecular weight is 405 g/mol. The summed E-state index contributed by atoms with van der Waals surface area (Å²) in [6.07, 6.45) is 1.55. The maximum atomic E-state index is 13.2. The van der Waals surface area contributed by atoms with Crippen LogP contribution in [0.2, 0.25) is 0 Å². The van der Waals surface area contributed by atoms with Gasteiger partial charge in [-0.15, -0.1) is 11.3 Å². The second-order valence-electron chi connectivity index (χ2n) is 6.28. The van der Waals surface area contributed by atoms with Crippen LogP contribution in [0.5, 0.6) is 0 Å². The van der Waals surface area contributed by atoms with Crippen molar-refractivity contribution in [3.63, 3.8) is 0 Å². The standard InChI is InChI=1S/C19H20N2O4S2/c1-13-9-15(10-18(14(13)2)27(20,23)24)19(22)21(11-16-5-3-7-25-16)12-17-6-4-8-26-17/h3-10H,11-12H2,1-2H3,(H2,20,23,24). The van der Waals surface area contributed by atoms with E-state index in [1.807, 2.05) is 17.5 Å². The summed E-state index contributed by atoms with van der Waals surface area (Å²) in [7, 11) is -3.92. The van der Waals surface area contributed by atoms with Gasteiger partial charge in [-0.05, 0) is 60.7 Å². The van der Waals surface area contributed by atoms with Gasteiger partial charge in [0.25, 0.3) is 5.91 Å². The molecule has 0 spiro atoms. The van der Waals surface area contributed by atoms with Crippen LogP contribution in [0.3, 0.4) is 0 Å². The normalized spacial score (nSPS) is 11.5. The van der Waals surface area contributed by atoms with Gasteiger partial charge in [0, 0.05) is 10.4 Å². The van der Waals surface area contributed by atoms with Crippen LogP contribution in [0, 0.1) is 13.8 Å². The number of aryl methyl sites for hydroxylation is 1. The highest BCUT2D eigenvalue weighted by atomic mass is 32.2. The summed E-state index contributed by atoms with van der Waals surface area (Å²) in [5, 5.41) is 7.27. The molecule has 0 fully saturated rings. The molecular formula is C19H20N2O4S2. The molecule has 0 bridgehead atoms. The van der Waals surface area contributed by atoms with E-state index in [2.05, 4.69) is 0 Å². The molecule has 0 aliphatic carbocycles. The number of primary sulfonamides is 1. The maximum absolute atomic E-state index is 13.2. The molecule has 0 aliphatic rings. The monoisotopic (exact) mass is 404 g/mol. The SMILES string of the molecule is Cc1cc(C(=O)N(Cc2ccco2)Cc2cccs2)cc(S(N)(=O)=O)c1C. The third-order valence-electron chi connectivity index (χ3n) is 4.31. The van der Waals surface area contributed by atoms with Crippen molar-refractivity contribution in [3.05, 3.63) is 75.4 Å². The molecule has 1 amide bonds. The van der Waals surface area contributed by atoms with Crippen molar-refractivity contribution in [3.8, 4) is 0 Å². The van der Waals surface area contributed by atoms with E-state index in [4.69, 9.17) is 9.56 Å². The van der Waals surface area contributed by atoms with Gasteiger partial charge >= 0.3 is 0 Å². The van der Waals surface area contributed by atoms with Gasteiger partial charge in [-0.3, -0.25) is 4.79 Å². The first-order valence-electron chi connectivity index (χ1n) is 8.24. The van der Waals surface area contributed by atoms with Gasteiger partial charge in [0.2, 0.25) is 10.0 Å². The summed E-state index contributed by atoms with van der Waals surface area (Å²) in [5.41, 5.74) is 1.52. The molecular weight excluding hydrogens is 384 g/mol. The lowest BCUT2D eigenvalue weighted by molar-refractivity contribution is 0.0719. The predicted octanol–water partition coefficient (Wildman–Crippen LogP) is 3.45. The number of carbonyl (C=O) groups excluding carboxylic acids is 1. The molecule has 6 nitrogen and oxygen atoms in total. The first-order valence-corrected chi connectivity index (χ1v) is 10.7. The lowest BCUT2D eigenvalue weighted by Crippen LogP contribution is -2.30. The minimum Gasteiger partial charge on any atom is -0.467 e. The third kappa shape index (κ3) is 4.47. The smallest absolute Gasteiger partial charge is 0.254 e. The molecule has 0 aliphatic heterocycles. The Kier molecular flexibility index (Phi) is 5.50. The summed E-state index contributed by atoms with van der Waals surface area (Å²) >= 11 is 1.55. The van der Waals surface area contributed by atoms with Crippen LogP contribution in [0.1, 0.15) is 32.1 Å². The molecule has 0 radical (unpaired) electrons. The number of furan rings is 1. The molecule has 0 unspecified atom stereocenters. The maximum Gasteiger partial charge on any atom is 0.254 e. The molecule has 2 N–H and O–H groups in total. The molecule has 1 aromatic carbocycles. The molecule has 27 heavy (non-hydrogen) atoms. The molecule has 142 valence electrons. The van der Waals surface area contributed by atoms with E-state index in [-0.39, 0.29) is 22.9 Å². The first-order chi connectivity index (χ1) is 12.8. The zero-order valence-corrected chi connectivity index (χ0v) is 16.6. The molecule has 0 atom stereocenters. The Hall–Kier alpha value is -2.42. The highest BCUT2D eigenvalue weighted by Gasteiger charge is 2.22. The van der Waals surface area contributed by atoms with Gasteiger partial charge in [-0.1, -0.05) is 6.07 Å². The second-order valence-corrected chi connectivity index (χ2v) is 8.84. The van der Waals surface area contributed by atoms with E-state index in [0.29, 0.717) is 23.4 Å². The van der Waals surface area contributed by atoms with Crippen LogP contribution in [-0.4, -0.2) is 19.2 Å². The lowest BCUT2D eigenvalue weighted by Gasteiger charge is -2.22. The van der Waals surface area contributed by atoms with E-state index < -0.39 is 10.0 Å². The van der Waals surface area contributed by atoms with Gasteiger partial charge in [0.1, 0.15) is 5.76 Å². The van der Waals surface area contributed by atoms with Crippen molar-refractivity contribution in [1.29, 1.82) is 0 Å². The van der Waals surface area contributed by atoms with E-state index >= 15 is 0 Å². The van der Waals surface area contributed by atoms with Crippen molar-refractivity contribution < 1.29 is 17.6 Å². The minimum atomic E-state index is -3.92. The van der Waals surface area contributed by atoms with Crippen molar-refractivity contribution >= 4 is 27.3 Å². The van der Waals surface area contributed by atoms with Gasteiger partial charge < -0.3 is 9.32 Å². The zero-order valence-electron chi connectivity index (χ0n) is 15.0. The van der Waals surface area contributed by atoms with Crippen LogP contribution in [0.4, 0.5) is 0 Å². The van der Waals surface area contributed by atoms with Crippen LogP contribution in [-0.2, 0) is 23.1 Å². The summed E-state index contributed by atoms with van der Waals surface area (Å²) in [5.74, 6) is 0.364. The third-order valence-corrected chi connectivity index (χ3v) is 6.21. The number of nitrogens with two attached hydrogens (primary N) is 1. The average Bonchev–Trinajstić information content (AvgIpc) is 3.28. The molecule has 3 aromatic rings. The van der Waals surface area contributed by atoms with Crippen molar-refractivity contribution in [2.45, 2.75) is 31.8 Å². The van der Waals surface area contributed by atoms with E-state index in [1.165, 1.54) is 6.07 Å². The van der Waals surface area contributed by atoms with E-state index in [0.717, 1.165) is 4.88 Å². The molecule has 2 heterocycles. The zero-order chi connectivity index (χ0) is 19.6. The van der Waals surface area contributed by atoms with Crippen LogP contribution in [0.25, 0.3) is 0 Å². The highest BCUT2D eigenvalue weighted by molar-refractivity contribution is 7.89. The molecule has 3 rings (SSSR count). The summed E-state index contributed by atoms with van der Waals surface area (Å²) in [6.45, 7) is 4.11. The van der Waals surface area contributed by atoms with Crippen LogP contribution in [0.15, 0.2) is 57.4 Å². The fraction of sp³-hybridized carbons (Fsp3) is 0.211. The lowest BCUT2D eigenvalue weighted by atomic mass is 10.1. The number of carbonyl (C=O) groups is 1. The first kappa shape index (κ1) is 19.3. The second kappa shape index (κ2) is 7.67. The number of hydrogen-bond acceptors (Lipinski definition) is 5. The van der Waals surface area contributed by atoms with Crippen LogP contribution >= 0.6 is 11.3 Å². The number of thiophene rings is 1. The fourth-order valence-electron chi connectivity index (χ4n) is 2.81. The molecule has 0 saturated heterocycles. The molecule has 8 heteroatoms. The molecule has 0 saturated carbocycles. The Balaban J connectivity index is 1.99. The summed E-state index contributed by atoms with van der Waals surface area (Å²) in [4.78, 5) is 15.8. The Bertz CT molecular complexity index is 1000. The fourth-order valence-corrected chi connectivity index (χ4v) is 4.41. The topological polar surface area (TPSA) is 93.6 Å². The highest BCUT2D eigenvalue weighted by Crippen LogP contribution is 2.23. The van der Waals surface area contributed by atoms with E-state index in [1.54, 1.807) is 54.5 Å². The van der Waals surface area contributed by atoms with E-state index in [9.17, 15) is 13.2 Å². The Labute approximate surface area is 162 Å². The van der Waals surface area contributed by atoms with Crippen molar-refractivity contribution in [1.82, 2.24) is 4.90 Å². The Morgan fingerprint density at radius 2 is 1.96 bits per heavy atom. The van der Waals surface area contributed by atoms with Crippen molar-refractivity contribution in [2.75, 3.05) is 0 Å². The van der Waals surface area contributed by atoms with Crippen molar-refractivity contribution in [2.24, 2.45) is 5.14 Å². The Morgan fingerprint density at radius 3 is 2.56 bits per heavy atom.